The zero-order valence-electron chi connectivity index (χ0n) is 17.5. The van der Waals surface area contributed by atoms with Crippen molar-refractivity contribution < 1.29 is 89.0 Å². The molecule has 0 aliphatic heterocycles. The number of amides is 1. The van der Waals surface area contributed by atoms with E-state index in [2.05, 4.69) is 9.72 Å². The second kappa shape index (κ2) is 9.24. The largest absolute Gasteiger partial charge is 0.465 e. The first-order valence-corrected chi connectivity index (χ1v) is 9.41. The molecule has 0 saturated heterocycles. The van der Waals surface area contributed by atoms with Crippen LogP contribution in [-0.4, -0.2) is 71.6 Å². The number of aryl methyl sites for hydroxylation is 1. The highest BCUT2D eigenvalue weighted by atomic mass is 32.1. The number of carbonyl (C=O) groups excluding carboxylic acids is 2. The summed E-state index contributed by atoms with van der Waals surface area (Å²) in [5.41, 5.74) is -0.489. The number of nitrogens with zero attached hydrogens (tertiary/aromatic N) is 1. The lowest BCUT2D eigenvalue weighted by Gasteiger charge is -2.42. The number of halogens is 17. The number of carbonyl (C=O) groups is 2. The summed E-state index contributed by atoms with van der Waals surface area (Å²) in [5, 5.41) is -0.706. The number of nitrogens with one attached hydrogen (secondary N) is 1. The predicted molar refractivity (Wildman–Crippen MR) is 87.5 cm³/mol. The summed E-state index contributed by atoms with van der Waals surface area (Å²) in [6.07, 6.45) is -7.87. The number of alkyl halides is 17. The van der Waals surface area contributed by atoms with Crippen LogP contribution in [0.15, 0.2) is 0 Å². The number of hydrogen-bond donors (Lipinski definition) is 1. The van der Waals surface area contributed by atoms with E-state index < -0.39 is 75.2 Å². The molecule has 0 unspecified atom stereocenters. The molecule has 0 saturated carbocycles. The van der Waals surface area contributed by atoms with Crippen LogP contribution >= 0.6 is 11.3 Å². The molecule has 0 aromatic carbocycles. The first-order valence-electron chi connectivity index (χ1n) is 8.59. The molecule has 0 spiro atoms. The quantitative estimate of drug-likeness (QED) is 0.265. The maximum atomic E-state index is 13.9. The molecular formula is C15H7F17N2O3S. The fraction of sp³-hybridized carbons (Fsp3) is 0.667. The van der Waals surface area contributed by atoms with Crippen molar-refractivity contribution in [1.82, 2.24) is 4.98 Å². The Morgan fingerprint density at radius 2 is 1.05 bits per heavy atom. The van der Waals surface area contributed by atoms with Crippen molar-refractivity contribution >= 4 is 28.3 Å². The van der Waals surface area contributed by atoms with E-state index >= 15 is 0 Å². The second-order valence-electron chi connectivity index (χ2n) is 6.90. The van der Waals surface area contributed by atoms with Crippen LogP contribution in [0, 0.1) is 6.92 Å². The zero-order valence-corrected chi connectivity index (χ0v) is 18.3. The monoisotopic (exact) mass is 618 g/mol. The third kappa shape index (κ3) is 4.48. The Morgan fingerprint density at radius 1 is 0.684 bits per heavy atom. The lowest BCUT2D eigenvalue weighted by molar-refractivity contribution is -0.459. The topological polar surface area (TPSA) is 68.3 Å². The van der Waals surface area contributed by atoms with Crippen molar-refractivity contribution in [1.29, 1.82) is 0 Å². The van der Waals surface area contributed by atoms with Gasteiger partial charge in [-0.2, -0.15) is 74.6 Å². The summed E-state index contributed by atoms with van der Waals surface area (Å²) >= 11 is -0.168. The van der Waals surface area contributed by atoms with Crippen LogP contribution in [0.5, 0.6) is 0 Å². The molecule has 1 N–H and O–H groups in total. The van der Waals surface area contributed by atoms with Gasteiger partial charge in [-0.05, 0) is 6.92 Å². The molecule has 38 heavy (non-hydrogen) atoms. The number of methoxy groups -OCH3 is 1. The lowest BCUT2D eigenvalue weighted by Crippen LogP contribution is -2.75. The SMILES string of the molecule is COC(=O)c1sc(NC(=O)C(F)(F)C(F)(F)C(F)(F)C(F)(F)C(F)(F)C(F)(F)C(F)(F)C(F)(F)F)nc1C. The molecule has 1 rings (SSSR count). The number of thiazole rings is 1. The summed E-state index contributed by atoms with van der Waals surface area (Å²) in [4.78, 5) is 25.3. The summed E-state index contributed by atoms with van der Waals surface area (Å²) in [6, 6.07) is 0. The molecule has 1 aromatic rings. The van der Waals surface area contributed by atoms with E-state index in [4.69, 9.17) is 0 Å². The van der Waals surface area contributed by atoms with Crippen molar-refractivity contribution in [2.75, 3.05) is 12.4 Å². The van der Waals surface area contributed by atoms with Gasteiger partial charge in [-0.15, -0.1) is 0 Å². The zero-order chi connectivity index (χ0) is 30.7. The van der Waals surface area contributed by atoms with Crippen molar-refractivity contribution in [3.8, 4) is 0 Å². The van der Waals surface area contributed by atoms with E-state index in [0.29, 0.717) is 5.32 Å². The minimum absolute atomic E-state index is 0.168. The van der Waals surface area contributed by atoms with Gasteiger partial charge in [0.05, 0.1) is 12.8 Å². The highest BCUT2D eigenvalue weighted by molar-refractivity contribution is 7.17. The number of rotatable bonds is 9. The Morgan fingerprint density at radius 3 is 1.42 bits per heavy atom. The van der Waals surface area contributed by atoms with Gasteiger partial charge in [0.1, 0.15) is 4.88 Å². The van der Waals surface area contributed by atoms with Crippen molar-refractivity contribution in [3.63, 3.8) is 0 Å². The van der Waals surface area contributed by atoms with Gasteiger partial charge < -0.3 is 4.74 Å². The van der Waals surface area contributed by atoms with Gasteiger partial charge in [0, 0.05) is 0 Å². The highest BCUT2D eigenvalue weighted by Gasteiger charge is 2.95. The number of aromatic nitrogens is 1. The summed E-state index contributed by atoms with van der Waals surface area (Å²) in [5.74, 6) is -63.7. The number of hydrogen-bond acceptors (Lipinski definition) is 5. The molecular weight excluding hydrogens is 611 g/mol. The second-order valence-corrected chi connectivity index (χ2v) is 7.90. The maximum Gasteiger partial charge on any atom is 0.460 e. The first-order chi connectivity index (χ1) is 16.5. The minimum atomic E-state index is -8.81. The molecule has 1 aromatic heterocycles. The third-order valence-electron chi connectivity index (χ3n) is 4.40. The molecule has 1 heterocycles. The van der Waals surface area contributed by atoms with Crippen LogP contribution in [0.3, 0.4) is 0 Å². The first kappa shape index (κ1) is 33.4. The lowest BCUT2D eigenvalue weighted by atomic mass is 9.89. The predicted octanol–water partition coefficient (Wildman–Crippen LogP) is 6.19. The molecule has 0 aliphatic rings. The Bertz CT molecular complexity index is 1080. The normalized spacial score (nSPS) is 14.9. The van der Waals surface area contributed by atoms with Gasteiger partial charge in [0.2, 0.25) is 0 Å². The maximum absolute atomic E-state index is 13.9. The van der Waals surface area contributed by atoms with Gasteiger partial charge in [0.25, 0.3) is 0 Å². The smallest absolute Gasteiger partial charge is 0.460 e. The molecule has 0 atom stereocenters. The third-order valence-corrected chi connectivity index (χ3v) is 5.45. The van der Waals surface area contributed by atoms with Crippen LogP contribution in [0.1, 0.15) is 15.4 Å². The van der Waals surface area contributed by atoms with E-state index in [1.807, 2.05) is 0 Å². The van der Waals surface area contributed by atoms with Gasteiger partial charge in [-0.25, -0.2) is 9.78 Å². The highest BCUT2D eigenvalue weighted by Crippen LogP contribution is 2.64. The summed E-state index contributed by atoms with van der Waals surface area (Å²) < 4.78 is 229. The van der Waals surface area contributed by atoms with Gasteiger partial charge in [0.15, 0.2) is 5.13 Å². The van der Waals surface area contributed by atoms with Gasteiger partial charge in [-0.3, -0.25) is 10.1 Å². The fourth-order valence-corrected chi connectivity index (χ4v) is 3.09. The molecule has 220 valence electrons. The van der Waals surface area contributed by atoms with Crippen LogP contribution in [0.25, 0.3) is 0 Å². The molecule has 0 radical (unpaired) electrons. The van der Waals surface area contributed by atoms with Gasteiger partial charge >= 0.3 is 59.5 Å². The molecule has 0 aliphatic carbocycles. The van der Waals surface area contributed by atoms with Crippen LogP contribution in [-0.2, 0) is 9.53 Å². The Hall–Kier alpha value is -2.62. The summed E-state index contributed by atoms with van der Waals surface area (Å²) in [6.45, 7) is 0.902. The summed E-state index contributed by atoms with van der Waals surface area (Å²) in [7, 11) is 0.751. The standard InChI is InChI=1S/C15H7F17N2O3S/c1-3-4(5(35)37-2)38-7(33-3)34-6(36)8(16,17)9(18,19)10(20,21)11(22,23)12(24,25)13(26,27)14(28,29)15(30,31)32/h1-2H3,(H,33,34,36). The van der Waals surface area contributed by atoms with E-state index in [0.717, 1.165) is 14.0 Å². The Balaban J connectivity index is 3.56. The number of anilines is 1. The van der Waals surface area contributed by atoms with Crippen molar-refractivity contribution in [2.45, 2.75) is 54.6 Å². The van der Waals surface area contributed by atoms with Crippen LogP contribution < -0.4 is 5.32 Å². The number of ether oxygens (including phenoxy) is 1. The van der Waals surface area contributed by atoms with E-state index in [1.54, 1.807) is 0 Å². The van der Waals surface area contributed by atoms with Crippen molar-refractivity contribution in [3.05, 3.63) is 10.6 Å². The van der Waals surface area contributed by atoms with Crippen LogP contribution in [0.4, 0.5) is 79.8 Å². The Kier molecular flexibility index (Phi) is 8.13. The van der Waals surface area contributed by atoms with Crippen molar-refractivity contribution in [2.24, 2.45) is 0 Å². The van der Waals surface area contributed by atoms with E-state index in [1.165, 1.54) is 0 Å². The minimum Gasteiger partial charge on any atom is -0.465 e. The average Bonchev–Trinajstić information content (AvgIpc) is 3.11. The van der Waals surface area contributed by atoms with Crippen LogP contribution in [0.2, 0.25) is 0 Å². The average molecular weight is 618 g/mol. The fourth-order valence-electron chi connectivity index (χ4n) is 2.21. The molecule has 0 fully saturated rings. The van der Waals surface area contributed by atoms with E-state index in [9.17, 15) is 84.2 Å². The van der Waals surface area contributed by atoms with E-state index in [-0.39, 0.29) is 11.3 Å². The van der Waals surface area contributed by atoms with Gasteiger partial charge in [-0.1, -0.05) is 11.3 Å². The number of esters is 1. The Labute approximate surface area is 200 Å². The molecule has 0 bridgehead atoms. The molecule has 5 nitrogen and oxygen atoms in total. The molecule has 1 amide bonds. The molecule has 23 heteroatoms.